The van der Waals surface area contributed by atoms with E-state index < -0.39 is 47.3 Å². The Morgan fingerprint density at radius 1 is 1.16 bits per heavy atom. The van der Waals surface area contributed by atoms with Gasteiger partial charge >= 0.3 is 6.36 Å². The van der Waals surface area contributed by atoms with E-state index in [1.807, 2.05) is 0 Å². The number of benzene rings is 1. The molecule has 0 bridgehead atoms. The highest BCUT2D eigenvalue weighted by Crippen LogP contribution is 2.25. The number of hydroxylamine groups is 2. The Kier molecular flexibility index (Phi) is 8.85. The van der Waals surface area contributed by atoms with Crippen LogP contribution < -0.4 is 15.4 Å². The van der Waals surface area contributed by atoms with Gasteiger partial charge in [-0.25, -0.2) is 5.06 Å². The van der Waals surface area contributed by atoms with Gasteiger partial charge in [0.2, 0.25) is 18.2 Å². The average molecular weight is 447 g/mol. The lowest BCUT2D eigenvalue weighted by atomic mass is 9.84. The Morgan fingerprint density at radius 3 is 2.13 bits per heavy atom. The topological polar surface area (TPSA) is 108 Å². The van der Waals surface area contributed by atoms with E-state index in [0.717, 1.165) is 12.1 Å². The first kappa shape index (κ1) is 26.2. The zero-order valence-electron chi connectivity index (χ0n) is 18.0. The summed E-state index contributed by atoms with van der Waals surface area (Å²) in [6.45, 7) is 6.71. The molecular weight excluding hydrogens is 419 g/mol. The molecule has 0 fully saturated rings. The van der Waals surface area contributed by atoms with Crippen molar-refractivity contribution in [2.75, 3.05) is 7.05 Å². The highest BCUT2D eigenvalue weighted by molar-refractivity contribution is 5.89. The van der Waals surface area contributed by atoms with Crippen molar-refractivity contribution in [1.29, 1.82) is 0 Å². The van der Waals surface area contributed by atoms with Crippen LogP contribution in [-0.4, -0.2) is 54.0 Å². The maximum absolute atomic E-state index is 13.0. The number of carbonyl (C=O) groups excluding carboxylic acids is 3. The summed E-state index contributed by atoms with van der Waals surface area (Å²) in [4.78, 5) is 36.3. The summed E-state index contributed by atoms with van der Waals surface area (Å²) in [5.41, 5.74) is -0.169. The Bertz CT molecular complexity index is 763. The third kappa shape index (κ3) is 8.08. The molecule has 0 heterocycles. The van der Waals surface area contributed by atoms with Crippen molar-refractivity contribution < 1.29 is 37.5 Å². The lowest BCUT2D eigenvalue weighted by molar-refractivity contribution is -0.274. The van der Waals surface area contributed by atoms with Gasteiger partial charge in [0.25, 0.3) is 0 Å². The van der Waals surface area contributed by atoms with Crippen LogP contribution in [0.15, 0.2) is 24.3 Å². The van der Waals surface area contributed by atoms with Gasteiger partial charge in [-0.1, -0.05) is 32.9 Å². The summed E-state index contributed by atoms with van der Waals surface area (Å²) in [6, 6.07) is 3.01. The van der Waals surface area contributed by atoms with E-state index in [0.29, 0.717) is 10.6 Å². The molecule has 0 spiro atoms. The second-order valence-electron chi connectivity index (χ2n) is 8.15. The van der Waals surface area contributed by atoms with Gasteiger partial charge < -0.3 is 15.4 Å². The quantitative estimate of drug-likeness (QED) is 0.306. The van der Waals surface area contributed by atoms with E-state index in [1.54, 1.807) is 20.8 Å². The van der Waals surface area contributed by atoms with Crippen LogP contribution in [0.2, 0.25) is 0 Å². The minimum Gasteiger partial charge on any atom is -0.406 e. The number of likely N-dealkylation sites (N-methyl/N-ethyl adjacent to an activating group) is 1. The molecule has 11 heteroatoms. The molecule has 0 aliphatic heterocycles. The van der Waals surface area contributed by atoms with Crippen LogP contribution in [-0.2, 0) is 20.8 Å². The van der Waals surface area contributed by atoms with Crippen molar-refractivity contribution in [2.24, 2.45) is 11.3 Å². The number of halogens is 3. The van der Waals surface area contributed by atoms with Gasteiger partial charge in [0.1, 0.15) is 11.8 Å². The van der Waals surface area contributed by atoms with E-state index in [9.17, 15) is 32.8 Å². The van der Waals surface area contributed by atoms with Gasteiger partial charge in [0, 0.05) is 7.05 Å². The fourth-order valence-corrected chi connectivity index (χ4v) is 2.91. The first-order valence-corrected chi connectivity index (χ1v) is 9.48. The van der Waals surface area contributed by atoms with Crippen LogP contribution in [0.4, 0.5) is 13.2 Å². The van der Waals surface area contributed by atoms with Crippen LogP contribution in [0, 0.1) is 11.3 Å². The Hall–Kier alpha value is -2.82. The maximum Gasteiger partial charge on any atom is 0.573 e. The second-order valence-corrected chi connectivity index (χ2v) is 8.15. The fraction of sp³-hybridized carbons (Fsp3) is 0.550. The fourth-order valence-electron chi connectivity index (χ4n) is 2.91. The smallest absolute Gasteiger partial charge is 0.406 e. The average Bonchev–Trinajstić information content (AvgIpc) is 2.67. The van der Waals surface area contributed by atoms with Crippen molar-refractivity contribution >= 4 is 18.2 Å². The van der Waals surface area contributed by atoms with Crippen molar-refractivity contribution in [3.63, 3.8) is 0 Å². The van der Waals surface area contributed by atoms with Crippen molar-refractivity contribution in [3.8, 4) is 5.75 Å². The first-order chi connectivity index (χ1) is 14.2. The number of carbonyl (C=O) groups is 3. The van der Waals surface area contributed by atoms with Crippen LogP contribution in [0.5, 0.6) is 5.75 Å². The van der Waals surface area contributed by atoms with E-state index in [2.05, 4.69) is 15.4 Å². The predicted octanol–water partition coefficient (Wildman–Crippen LogP) is 2.26. The third-order valence-corrected chi connectivity index (χ3v) is 4.72. The van der Waals surface area contributed by atoms with Crippen LogP contribution >= 0.6 is 0 Å². The molecule has 1 aromatic carbocycles. The summed E-state index contributed by atoms with van der Waals surface area (Å²) in [6.07, 6.45) is -4.71. The largest absolute Gasteiger partial charge is 0.573 e. The molecule has 0 aliphatic carbocycles. The summed E-state index contributed by atoms with van der Waals surface area (Å²) < 4.78 is 40.8. The van der Waals surface area contributed by atoms with Crippen molar-refractivity contribution in [3.05, 3.63) is 29.8 Å². The molecule has 1 unspecified atom stereocenters. The van der Waals surface area contributed by atoms with Gasteiger partial charge in [0.05, 0.1) is 12.0 Å². The Morgan fingerprint density at radius 2 is 1.71 bits per heavy atom. The zero-order chi connectivity index (χ0) is 24.0. The van der Waals surface area contributed by atoms with Gasteiger partial charge in [-0.2, -0.15) is 0 Å². The maximum atomic E-state index is 13.0. The second kappa shape index (κ2) is 10.5. The van der Waals surface area contributed by atoms with Gasteiger partial charge in [0.15, 0.2) is 0 Å². The van der Waals surface area contributed by atoms with Crippen molar-refractivity contribution in [1.82, 2.24) is 15.7 Å². The minimum absolute atomic E-state index is 0.0190. The van der Waals surface area contributed by atoms with Crippen LogP contribution in [0.1, 0.15) is 33.3 Å². The van der Waals surface area contributed by atoms with E-state index >= 15 is 0 Å². The number of hydrogen-bond donors (Lipinski definition) is 3. The molecule has 3 amide bonds. The standard InChI is InChI=1S/C20H28F3N3O5/c1-12(26(30)11-27)15(17(28)25-16(18(29)24-5)19(2,3)4)10-13-6-8-14(9-7-13)31-20(21,22)23/h6-9,11-12,15-16,30H,10H2,1-5H3,(H,24,29)(H,25,28)/t12-,15+,16?/m0/s1. The Balaban J connectivity index is 3.13. The molecule has 3 N–H and O–H groups in total. The number of alkyl halides is 3. The molecule has 0 aromatic heterocycles. The summed E-state index contributed by atoms with van der Waals surface area (Å²) in [7, 11) is 1.43. The van der Waals surface area contributed by atoms with E-state index in [4.69, 9.17) is 0 Å². The normalized spacial score (nSPS) is 14.7. The first-order valence-electron chi connectivity index (χ1n) is 9.48. The lowest BCUT2D eigenvalue weighted by Gasteiger charge is -2.33. The van der Waals surface area contributed by atoms with Crippen LogP contribution in [0.3, 0.4) is 0 Å². The number of rotatable bonds is 9. The lowest BCUT2D eigenvalue weighted by Crippen LogP contribution is -2.56. The van der Waals surface area contributed by atoms with E-state index in [-0.39, 0.29) is 12.8 Å². The van der Waals surface area contributed by atoms with Gasteiger partial charge in [-0.05, 0) is 36.5 Å². The molecule has 0 saturated heterocycles. The van der Waals surface area contributed by atoms with Gasteiger partial charge in [-0.15, -0.1) is 13.2 Å². The van der Waals surface area contributed by atoms with Gasteiger partial charge in [-0.3, -0.25) is 19.6 Å². The highest BCUT2D eigenvalue weighted by Gasteiger charge is 2.36. The molecule has 0 saturated carbocycles. The molecule has 0 aliphatic rings. The number of ether oxygens (including phenoxy) is 1. The molecule has 31 heavy (non-hydrogen) atoms. The molecule has 1 aromatic rings. The zero-order valence-corrected chi connectivity index (χ0v) is 18.0. The third-order valence-electron chi connectivity index (χ3n) is 4.72. The molecule has 174 valence electrons. The molecular formula is C20H28F3N3O5. The molecule has 8 nitrogen and oxygen atoms in total. The molecule has 1 rings (SSSR count). The summed E-state index contributed by atoms with van der Waals surface area (Å²) in [5.74, 6) is -2.45. The van der Waals surface area contributed by atoms with E-state index in [1.165, 1.54) is 26.1 Å². The number of nitrogens with one attached hydrogen (secondary N) is 2. The predicted molar refractivity (Wildman–Crippen MR) is 105 cm³/mol. The molecule has 0 radical (unpaired) electrons. The SMILES string of the molecule is CNC(=O)C(NC(=O)[C@H](Cc1ccc(OC(F)(F)F)cc1)[C@H](C)N(O)C=O)C(C)(C)C. The Labute approximate surface area is 178 Å². The number of amides is 3. The van der Waals surface area contributed by atoms with Crippen LogP contribution in [0.25, 0.3) is 0 Å². The molecule has 3 atom stereocenters. The number of hydrogen-bond acceptors (Lipinski definition) is 5. The van der Waals surface area contributed by atoms with Crippen molar-refractivity contribution in [2.45, 2.75) is 52.6 Å². The minimum atomic E-state index is -4.83. The summed E-state index contributed by atoms with van der Waals surface area (Å²) in [5, 5.41) is 15.3. The monoisotopic (exact) mass is 447 g/mol. The summed E-state index contributed by atoms with van der Waals surface area (Å²) >= 11 is 0. The number of nitrogens with zero attached hydrogens (tertiary/aromatic N) is 1. The highest BCUT2D eigenvalue weighted by atomic mass is 19.4.